The number of hydrogen-bond donors (Lipinski definition) is 0. The lowest BCUT2D eigenvalue weighted by Crippen LogP contribution is -2.33. The van der Waals surface area contributed by atoms with Crippen molar-refractivity contribution < 1.29 is 9.53 Å². The molecule has 0 aliphatic carbocycles. The number of carbonyl (C=O) groups is 1. The molecular formula is C21H22N2O3. The quantitative estimate of drug-likeness (QED) is 0.653. The lowest BCUT2D eigenvalue weighted by Gasteiger charge is -2.22. The van der Waals surface area contributed by atoms with Crippen LogP contribution in [-0.4, -0.2) is 21.6 Å². The van der Waals surface area contributed by atoms with Crippen molar-refractivity contribution in [3.05, 3.63) is 65.0 Å². The molecule has 0 bridgehead atoms. The van der Waals surface area contributed by atoms with Gasteiger partial charge in [0.25, 0.3) is 5.56 Å². The van der Waals surface area contributed by atoms with Crippen molar-refractivity contribution in [3.8, 4) is 11.4 Å². The number of hydrogen-bond acceptors (Lipinski definition) is 4. The van der Waals surface area contributed by atoms with Crippen LogP contribution in [0.5, 0.6) is 0 Å². The average molecular weight is 350 g/mol. The Balaban J connectivity index is 2.29. The maximum atomic E-state index is 13.2. The van der Waals surface area contributed by atoms with Crippen LogP contribution < -0.4 is 5.56 Å². The molecule has 1 unspecified atom stereocenters. The minimum absolute atomic E-state index is 0.234. The monoisotopic (exact) mass is 350 g/mol. The molecule has 1 aromatic heterocycles. The number of aromatic nitrogens is 2. The Morgan fingerprint density at radius 1 is 1.08 bits per heavy atom. The van der Waals surface area contributed by atoms with Gasteiger partial charge in [-0.25, -0.2) is 9.78 Å². The van der Waals surface area contributed by atoms with Crippen molar-refractivity contribution in [2.45, 2.75) is 39.3 Å². The van der Waals surface area contributed by atoms with Gasteiger partial charge in [-0.2, -0.15) is 0 Å². The summed E-state index contributed by atoms with van der Waals surface area (Å²) in [6.45, 7) is 5.46. The number of para-hydroxylation sites is 1. The number of nitrogens with zero attached hydrogens (tertiary/aromatic N) is 2. The first kappa shape index (κ1) is 17.9. The van der Waals surface area contributed by atoms with Crippen LogP contribution >= 0.6 is 0 Å². The van der Waals surface area contributed by atoms with E-state index in [9.17, 15) is 9.59 Å². The van der Waals surface area contributed by atoms with E-state index in [4.69, 9.17) is 9.72 Å². The average Bonchev–Trinajstić information content (AvgIpc) is 2.64. The zero-order valence-corrected chi connectivity index (χ0v) is 15.2. The molecule has 0 aliphatic rings. The van der Waals surface area contributed by atoms with Gasteiger partial charge in [-0.3, -0.25) is 9.36 Å². The third kappa shape index (κ3) is 3.38. The molecule has 5 nitrogen and oxygen atoms in total. The fourth-order valence-corrected chi connectivity index (χ4v) is 2.99. The molecular weight excluding hydrogens is 328 g/mol. The van der Waals surface area contributed by atoms with Gasteiger partial charge >= 0.3 is 5.97 Å². The predicted molar refractivity (Wildman–Crippen MR) is 102 cm³/mol. The number of benzene rings is 2. The third-order valence-electron chi connectivity index (χ3n) is 4.16. The van der Waals surface area contributed by atoms with E-state index >= 15 is 0 Å². The Bertz CT molecular complexity index is 977. The second-order valence-electron chi connectivity index (χ2n) is 6.40. The maximum absolute atomic E-state index is 13.2. The molecule has 0 saturated carbocycles. The molecule has 134 valence electrons. The number of carbonyl (C=O) groups excluding carboxylic acids is 1. The van der Waals surface area contributed by atoms with Crippen molar-refractivity contribution in [2.75, 3.05) is 0 Å². The Kier molecular flexibility index (Phi) is 5.16. The minimum atomic E-state index is -0.725. The van der Waals surface area contributed by atoms with E-state index in [1.165, 1.54) is 4.57 Å². The van der Waals surface area contributed by atoms with Crippen LogP contribution in [0.2, 0.25) is 0 Å². The molecule has 0 amide bonds. The Hall–Kier alpha value is -2.95. The topological polar surface area (TPSA) is 61.2 Å². The SMILES string of the molecule is CCC(C(=O)OC(C)C)n1c(-c2ccccc2)nc2ccccc2c1=O. The van der Waals surface area contributed by atoms with Crippen LogP contribution in [0.3, 0.4) is 0 Å². The van der Waals surface area contributed by atoms with Crippen LogP contribution in [0, 0.1) is 0 Å². The highest BCUT2D eigenvalue weighted by atomic mass is 16.5. The second-order valence-corrected chi connectivity index (χ2v) is 6.40. The molecule has 0 aliphatic heterocycles. The zero-order valence-electron chi connectivity index (χ0n) is 15.2. The summed E-state index contributed by atoms with van der Waals surface area (Å²) in [5.41, 5.74) is 1.16. The number of esters is 1. The summed E-state index contributed by atoms with van der Waals surface area (Å²) in [4.78, 5) is 30.6. The summed E-state index contributed by atoms with van der Waals surface area (Å²) in [5.74, 6) is 0.0562. The number of rotatable bonds is 5. The normalized spacial score (nSPS) is 12.3. The van der Waals surface area contributed by atoms with E-state index in [1.54, 1.807) is 32.0 Å². The van der Waals surface area contributed by atoms with Gasteiger partial charge in [0.2, 0.25) is 0 Å². The van der Waals surface area contributed by atoms with Crippen LogP contribution in [0.4, 0.5) is 0 Å². The first-order chi connectivity index (χ1) is 12.5. The molecule has 26 heavy (non-hydrogen) atoms. The van der Waals surface area contributed by atoms with E-state index in [2.05, 4.69) is 0 Å². The number of fused-ring (bicyclic) bond motifs is 1. The molecule has 1 atom stereocenters. The fraction of sp³-hybridized carbons (Fsp3) is 0.286. The molecule has 1 heterocycles. The summed E-state index contributed by atoms with van der Waals surface area (Å²) in [6.07, 6.45) is 0.187. The van der Waals surface area contributed by atoms with Crippen molar-refractivity contribution in [3.63, 3.8) is 0 Å². The van der Waals surface area contributed by atoms with Crippen molar-refractivity contribution in [2.24, 2.45) is 0 Å². The van der Waals surface area contributed by atoms with Gasteiger partial charge in [0.1, 0.15) is 11.9 Å². The van der Waals surface area contributed by atoms with Crippen LogP contribution in [0.25, 0.3) is 22.3 Å². The summed E-state index contributed by atoms with van der Waals surface area (Å²) in [6, 6.07) is 15.9. The largest absolute Gasteiger partial charge is 0.461 e. The molecule has 5 heteroatoms. The second kappa shape index (κ2) is 7.52. The van der Waals surface area contributed by atoms with Crippen LogP contribution in [0.15, 0.2) is 59.4 Å². The fourth-order valence-electron chi connectivity index (χ4n) is 2.99. The Morgan fingerprint density at radius 3 is 2.38 bits per heavy atom. The van der Waals surface area contributed by atoms with Gasteiger partial charge in [-0.1, -0.05) is 49.4 Å². The van der Waals surface area contributed by atoms with Crippen molar-refractivity contribution >= 4 is 16.9 Å². The summed E-state index contributed by atoms with van der Waals surface area (Å²) >= 11 is 0. The zero-order chi connectivity index (χ0) is 18.7. The lowest BCUT2D eigenvalue weighted by molar-refractivity contribution is -0.151. The molecule has 0 N–H and O–H groups in total. The van der Waals surface area contributed by atoms with E-state index < -0.39 is 12.0 Å². The highest BCUT2D eigenvalue weighted by Crippen LogP contribution is 2.24. The highest BCUT2D eigenvalue weighted by Gasteiger charge is 2.26. The first-order valence-corrected chi connectivity index (χ1v) is 8.80. The molecule has 0 radical (unpaired) electrons. The number of ether oxygens (including phenoxy) is 1. The molecule has 0 fully saturated rings. The van der Waals surface area contributed by atoms with E-state index in [1.807, 2.05) is 43.3 Å². The van der Waals surface area contributed by atoms with Gasteiger partial charge in [-0.05, 0) is 32.4 Å². The third-order valence-corrected chi connectivity index (χ3v) is 4.16. The summed E-state index contributed by atoms with van der Waals surface area (Å²) in [5, 5.41) is 0.489. The van der Waals surface area contributed by atoms with E-state index in [0.29, 0.717) is 23.1 Å². The van der Waals surface area contributed by atoms with E-state index in [0.717, 1.165) is 5.56 Å². The molecule has 3 rings (SSSR count). The van der Waals surface area contributed by atoms with Gasteiger partial charge in [0.05, 0.1) is 17.0 Å². The molecule has 2 aromatic carbocycles. The standard InChI is InChI=1S/C21H22N2O3/c1-4-18(21(25)26-14(2)3)23-19(15-10-6-5-7-11-15)22-17-13-9-8-12-16(17)20(23)24/h5-14,18H,4H2,1-3H3. The minimum Gasteiger partial charge on any atom is -0.461 e. The molecule has 0 saturated heterocycles. The lowest BCUT2D eigenvalue weighted by atomic mass is 10.1. The van der Waals surface area contributed by atoms with Crippen molar-refractivity contribution in [1.82, 2.24) is 9.55 Å². The Labute approximate surface area is 152 Å². The van der Waals surface area contributed by atoms with E-state index in [-0.39, 0.29) is 11.7 Å². The summed E-state index contributed by atoms with van der Waals surface area (Å²) < 4.78 is 6.86. The molecule has 3 aromatic rings. The van der Waals surface area contributed by atoms with Crippen molar-refractivity contribution in [1.29, 1.82) is 0 Å². The highest BCUT2D eigenvalue weighted by molar-refractivity contribution is 5.81. The van der Waals surface area contributed by atoms with Gasteiger partial charge in [0, 0.05) is 5.56 Å². The predicted octanol–water partition coefficient (Wildman–Crippen LogP) is 3.97. The Morgan fingerprint density at radius 2 is 1.73 bits per heavy atom. The van der Waals surface area contributed by atoms with Gasteiger partial charge in [-0.15, -0.1) is 0 Å². The maximum Gasteiger partial charge on any atom is 0.329 e. The molecule has 0 spiro atoms. The first-order valence-electron chi connectivity index (χ1n) is 8.80. The smallest absolute Gasteiger partial charge is 0.329 e. The van der Waals surface area contributed by atoms with Crippen LogP contribution in [-0.2, 0) is 9.53 Å². The summed E-state index contributed by atoms with van der Waals surface area (Å²) in [7, 11) is 0. The van der Waals surface area contributed by atoms with Gasteiger partial charge in [0.15, 0.2) is 0 Å². The van der Waals surface area contributed by atoms with Gasteiger partial charge < -0.3 is 4.74 Å². The van der Waals surface area contributed by atoms with Crippen LogP contribution in [0.1, 0.15) is 33.2 Å².